The Balaban J connectivity index is 2.24. The maximum Gasteiger partial charge on any atom is 0.304 e. The average Bonchev–Trinajstić information content (AvgIpc) is 2.70. The molecule has 1 aliphatic rings. The van der Waals surface area contributed by atoms with Crippen molar-refractivity contribution in [1.82, 2.24) is 4.98 Å². The van der Waals surface area contributed by atoms with Gasteiger partial charge in [-0.25, -0.2) is 13.6 Å². The van der Waals surface area contributed by atoms with Gasteiger partial charge in [0.05, 0.1) is 5.69 Å². The molecule has 7 nitrogen and oxygen atoms in total. The molecule has 0 aliphatic carbocycles. The van der Waals surface area contributed by atoms with Crippen LogP contribution in [-0.2, 0) is 14.8 Å². The predicted molar refractivity (Wildman–Crippen MR) is 55.1 cm³/mol. The van der Waals surface area contributed by atoms with Crippen LogP contribution in [0.15, 0.2) is 10.7 Å². The summed E-state index contributed by atoms with van der Waals surface area (Å²) < 4.78 is 27.3. The number of nitrogens with zero attached hydrogens (tertiary/aromatic N) is 2. The van der Waals surface area contributed by atoms with Gasteiger partial charge in [-0.1, -0.05) is 0 Å². The van der Waals surface area contributed by atoms with Crippen molar-refractivity contribution < 1.29 is 17.6 Å². The second-order valence-corrected chi connectivity index (χ2v) is 5.54. The van der Waals surface area contributed by atoms with Gasteiger partial charge in [-0.3, -0.25) is 9.69 Å². The van der Waals surface area contributed by atoms with E-state index in [0.29, 0.717) is 5.69 Å². The second kappa shape index (κ2) is 3.56. The van der Waals surface area contributed by atoms with E-state index < -0.39 is 15.3 Å². The molecule has 2 heterocycles. The summed E-state index contributed by atoms with van der Waals surface area (Å²) in [6.45, 7) is 1.71. The van der Waals surface area contributed by atoms with Gasteiger partial charge in [0, 0.05) is 13.0 Å². The van der Waals surface area contributed by atoms with Gasteiger partial charge >= 0.3 is 6.01 Å². The summed E-state index contributed by atoms with van der Waals surface area (Å²) in [7, 11) is -3.70. The van der Waals surface area contributed by atoms with Crippen molar-refractivity contribution in [3.63, 3.8) is 0 Å². The molecule has 2 rings (SSSR count). The lowest BCUT2D eigenvalue weighted by atomic mass is 10.4. The van der Waals surface area contributed by atoms with Gasteiger partial charge in [0.25, 0.3) is 0 Å². The van der Waals surface area contributed by atoms with Crippen molar-refractivity contribution in [2.75, 3.05) is 11.4 Å². The molecule has 0 bridgehead atoms. The number of hydrogen-bond donors (Lipinski definition) is 1. The van der Waals surface area contributed by atoms with Crippen LogP contribution in [0.4, 0.5) is 6.01 Å². The lowest BCUT2D eigenvalue weighted by Gasteiger charge is -2.10. The molecule has 1 aromatic rings. The minimum atomic E-state index is -3.70. The average molecular weight is 245 g/mol. The highest BCUT2D eigenvalue weighted by atomic mass is 32.2. The fraction of sp³-hybridized carbons (Fsp3) is 0.500. The zero-order chi connectivity index (χ0) is 11.9. The first-order chi connectivity index (χ1) is 7.38. The molecular formula is C8H11N3O4S. The van der Waals surface area contributed by atoms with Crippen molar-refractivity contribution in [3.05, 3.63) is 12.0 Å². The van der Waals surface area contributed by atoms with Crippen molar-refractivity contribution in [3.8, 4) is 0 Å². The van der Waals surface area contributed by atoms with E-state index in [-0.39, 0.29) is 24.9 Å². The number of amides is 1. The molecule has 1 amide bonds. The number of aryl methyl sites for hydroxylation is 1. The molecule has 1 aromatic heterocycles. The minimum absolute atomic E-state index is 0.00236. The Hall–Kier alpha value is -1.41. The Morgan fingerprint density at radius 1 is 1.62 bits per heavy atom. The quantitative estimate of drug-likeness (QED) is 0.747. The highest BCUT2D eigenvalue weighted by molar-refractivity contribution is 7.89. The van der Waals surface area contributed by atoms with Crippen LogP contribution >= 0.6 is 0 Å². The Labute approximate surface area is 92.3 Å². The third kappa shape index (κ3) is 1.93. The summed E-state index contributed by atoms with van der Waals surface area (Å²) in [4.78, 5) is 16.7. The molecule has 1 atom stereocenters. The number of anilines is 1. The van der Waals surface area contributed by atoms with Gasteiger partial charge in [-0.15, -0.1) is 0 Å². The van der Waals surface area contributed by atoms with E-state index in [0.717, 1.165) is 0 Å². The van der Waals surface area contributed by atoms with Crippen LogP contribution in [0, 0.1) is 6.92 Å². The summed E-state index contributed by atoms with van der Waals surface area (Å²) in [5, 5.41) is 4.11. The van der Waals surface area contributed by atoms with Gasteiger partial charge < -0.3 is 4.42 Å². The molecule has 1 unspecified atom stereocenters. The minimum Gasteiger partial charge on any atom is -0.431 e. The lowest BCUT2D eigenvalue weighted by Crippen LogP contribution is -2.32. The summed E-state index contributed by atoms with van der Waals surface area (Å²) in [5.74, 6) is -0.346. The van der Waals surface area contributed by atoms with E-state index in [1.165, 1.54) is 11.2 Å². The third-order valence-corrected chi connectivity index (χ3v) is 3.64. The van der Waals surface area contributed by atoms with Crippen molar-refractivity contribution in [2.45, 2.75) is 18.6 Å². The largest absolute Gasteiger partial charge is 0.431 e. The Bertz CT molecular complexity index is 521. The van der Waals surface area contributed by atoms with Crippen molar-refractivity contribution in [1.29, 1.82) is 0 Å². The number of sulfonamides is 1. The first-order valence-electron chi connectivity index (χ1n) is 4.62. The number of carbonyl (C=O) groups is 1. The molecule has 1 fully saturated rings. The zero-order valence-electron chi connectivity index (χ0n) is 8.58. The van der Waals surface area contributed by atoms with E-state index in [1.807, 2.05) is 0 Å². The first-order valence-corrected chi connectivity index (χ1v) is 6.23. The van der Waals surface area contributed by atoms with Crippen LogP contribution < -0.4 is 10.0 Å². The normalized spacial score (nSPS) is 21.8. The number of aromatic nitrogens is 1. The van der Waals surface area contributed by atoms with E-state index in [2.05, 4.69) is 4.98 Å². The van der Waals surface area contributed by atoms with Crippen LogP contribution in [0.25, 0.3) is 0 Å². The Morgan fingerprint density at radius 2 is 2.31 bits per heavy atom. The number of primary sulfonamides is 1. The molecule has 1 aliphatic heterocycles. The summed E-state index contributed by atoms with van der Waals surface area (Å²) in [5.41, 5.74) is 0.627. The van der Waals surface area contributed by atoms with Gasteiger partial charge in [-0.2, -0.15) is 4.98 Å². The topological polar surface area (TPSA) is 107 Å². The molecule has 8 heteroatoms. The summed E-state index contributed by atoms with van der Waals surface area (Å²) in [6.07, 6.45) is 1.27. The summed E-state index contributed by atoms with van der Waals surface area (Å²) >= 11 is 0. The smallest absolute Gasteiger partial charge is 0.304 e. The molecule has 0 saturated carbocycles. The third-order valence-electron chi connectivity index (χ3n) is 2.39. The van der Waals surface area contributed by atoms with E-state index in [1.54, 1.807) is 6.92 Å². The molecule has 0 spiro atoms. The molecule has 2 N–H and O–H groups in total. The van der Waals surface area contributed by atoms with Crippen LogP contribution in [0.2, 0.25) is 0 Å². The number of oxazole rings is 1. The molecule has 0 radical (unpaired) electrons. The number of hydrogen-bond acceptors (Lipinski definition) is 5. The zero-order valence-corrected chi connectivity index (χ0v) is 9.40. The highest BCUT2D eigenvalue weighted by Gasteiger charge is 2.39. The standard InChI is InChI=1S/C8H11N3O4S/c1-5-4-15-8(10-5)11-3-6(2-7(11)12)16(9,13)14/h4,6H,2-3H2,1H3,(H2,9,13,14). The van der Waals surface area contributed by atoms with E-state index in [4.69, 9.17) is 9.56 Å². The lowest BCUT2D eigenvalue weighted by molar-refractivity contribution is -0.117. The van der Waals surface area contributed by atoms with Gasteiger partial charge in [0.1, 0.15) is 11.5 Å². The maximum absolute atomic E-state index is 11.5. The predicted octanol–water partition coefficient (Wildman–Crippen LogP) is -0.623. The highest BCUT2D eigenvalue weighted by Crippen LogP contribution is 2.23. The van der Waals surface area contributed by atoms with Crippen LogP contribution in [-0.4, -0.2) is 31.1 Å². The number of carbonyl (C=O) groups excluding carboxylic acids is 1. The SMILES string of the molecule is Cc1coc(N2CC(S(N)(=O)=O)CC2=O)n1. The van der Waals surface area contributed by atoms with Crippen LogP contribution in [0.1, 0.15) is 12.1 Å². The van der Waals surface area contributed by atoms with Crippen molar-refractivity contribution in [2.24, 2.45) is 5.14 Å². The van der Waals surface area contributed by atoms with Crippen LogP contribution in [0.5, 0.6) is 0 Å². The molecule has 16 heavy (non-hydrogen) atoms. The van der Waals surface area contributed by atoms with Gasteiger partial charge in [0.15, 0.2) is 0 Å². The van der Waals surface area contributed by atoms with Crippen LogP contribution in [0.3, 0.4) is 0 Å². The molecule has 0 aromatic carbocycles. The van der Waals surface area contributed by atoms with E-state index >= 15 is 0 Å². The first kappa shape index (κ1) is 11.1. The maximum atomic E-state index is 11.5. The fourth-order valence-electron chi connectivity index (χ4n) is 1.55. The van der Waals surface area contributed by atoms with Gasteiger partial charge in [-0.05, 0) is 6.92 Å². The number of nitrogens with two attached hydrogens (primary N) is 1. The van der Waals surface area contributed by atoms with Gasteiger partial charge in [0.2, 0.25) is 15.9 Å². The van der Waals surface area contributed by atoms with Crippen molar-refractivity contribution >= 4 is 21.9 Å². The monoisotopic (exact) mass is 245 g/mol. The summed E-state index contributed by atoms with van der Waals surface area (Å²) in [6, 6.07) is 0.119. The fourth-order valence-corrected chi connectivity index (χ4v) is 2.28. The number of rotatable bonds is 2. The molecular weight excluding hydrogens is 234 g/mol. The Morgan fingerprint density at radius 3 is 2.75 bits per heavy atom. The molecule has 88 valence electrons. The second-order valence-electron chi connectivity index (χ2n) is 3.69. The molecule has 1 saturated heterocycles. The Kier molecular flexibility index (Phi) is 2.47. The van der Waals surface area contributed by atoms with E-state index in [9.17, 15) is 13.2 Å².